The molecule has 0 saturated heterocycles. The Balaban J connectivity index is 1.99. The Morgan fingerprint density at radius 1 is 1.23 bits per heavy atom. The normalized spacial score (nSPS) is 28.4. The first-order chi connectivity index (χ1) is 6.33. The van der Waals surface area contributed by atoms with E-state index in [9.17, 15) is 0 Å². The lowest BCUT2D eigenvalue weighted by atomic mass is 9.94. The molecule has 0 amide bonds. The van der Waals surface area contributed by atoms with Crippen LogP contribution in [0.25, 0.3) is 0 Å². The maximum atomic E-state index is 5.78. The van der Waals surface area contributed by atoms with Crippen LogP contribution in [-0.4, -0.2) is 25.4 Å². The van der Waals surface area contributed by atoms with Gasteiger partial charge in [-0.2, -0.15) is 0 Å². The summed E-state index contributed by atoms with van der Waals surface area (Å²) >= 11 is 0. The quantitative estimate of drug-likeness (QED) is 0.520. The molecule has 13 heavy (non-hydrogen) atoms. The third-order valence-electron chi connectivity index (χ3n) is 2.39. The van der Waals surface area contributed by atoms with Gasteiger partial charge in [-0.25, -0.2) is 0 Å². The molecular weight excluding hydrogens is 166 g/mol. The molecule has 1 saturated carbocycles. The Morgan fingerprint density at radius 3 is 2.54 bits per heavy atom. The third kappa shape index (κ3) is 4.29. The molecule has 0 aromatic rings. The molecule has 1 aliphatic rings. The second-order valence-corrected chi connectivity index (χ2v) is 3.45. The van der Waals surface area contributed by atoms with Crippen molar-refractivity contribution in [1.29, 1.82) is 0 Å². The van der Waals surface area contributed by atoms with Gasteiger partial charge in [0.15, 0.2) is 0 Å². The number of rotatable bonds is 5. The van der Waals surface area contributed by atoms with Crippen molar-refractivity contribution in [2.45, 2.75) is 37.8 Å². The van der Waals surface area contributed by atoms with E-state index in [-0.39, 0.29) is 0 Å². The predicted octanol–water partition coefficient (Wildman–Crippen LogP) is 1.43. The Hall–Kier alpha value is -0.540. The smallest absolute Gasteiger partial charge is 0.111 e. The molecule has 1 aliphatic carbocycles. The van der Waals surface area contributed by atoms with Gasteiger partial charge in [-0.05, 0) is 25.7 Å². The highest BCUT2D eigenvalue weighted by atomic mass is 16.5. The molecule has 0 radical (unpaired) electrons. The Labute approximate surface area is 79.9 Å². The van der Waals surface area contributed by atoms with Crippen molar-refractivity contribution in [3.63, 3.8) is 0 Å². The van der Waals surface area contributed by atoms with Crippen LogP contribution < -0.4 is 5.73 Å². The Kier molecular flexibility index (Phi) is 4.86. The van der Waals surface area contributed by atoms with E-state index < -0.39 is 0 Å². The molecule has 1 rings (SSSR count). The van der Waals surface area contributed by atoms with Crippen molar-refractivity contribution in [2.24, 2.45) is 5.73 Å². The lowest BCUT2D eigenvalue weighted by Gasteiger charge is -2.25. The van der Waals surface area contributed by atoms with Crippen molar-refractivity contribution in [3.8, 4) is 0 Å². The van der Waals surface area contributed by atoms with Crippen LogP contribution >= 0.6 is 0 Å². The van der Waals surface area contributed by atoms with Gasteiger partial charge in [0.1, 0.15) is 6.61 Å². The highest BCUT2D eigenvalue weighted by Crippen LogP contribution is 2.19. The van der Waals surface area contributed by atoms with Gasteiger partial charge in [-0.15, -0.1) is 0 Å². The molecule has 0 heterocycles. The summed E-state index contributed by atoms with van der Waals surface area (Å²) in [6.07, 6.45) is 6.21. The summed E-state index contributed by atoms with van der Waals surface area (Å²) < 4.78 is 10.6. The highest BCUT2D eigenvalue weighted by molar-refractivity contribution is 4.74. The number of hydrogen-bond acceptors (Lipinski definition) is 3. The van der Waals surface area contributed by atoms with Gasteiger partial charge in [0, 0.05) is 6.04 Å². The van der Waals surface area contributed by atoms with Crippen molar-refractivity contribution in [3.05, 3.63) is 12.8 Å². The van der Waals surface area contributed by atoms with E-state index in [1.807, 2.05) is 0 Å². The van der Waals surface area contributed by atoms with Crippen molar-refractivity contribution in [1.82, 2.24) is 0 Å². The minimum absolute atomic E-state index is 0.393. The second kappa shape index (κ2) is 6.00. The molecule has 0 spiro atoms. The molecule has 3 heteroatoms. The van der Waals surface area contributed by atoms with Crippen LogP contribution in [0.3, 0.4) is 0 Å². The molecule has 2 N–H and O–H groups in total. The maximum absolute atomic E-state index is 5.78. The van der Waals surface area contributed by atoms with Crippen LogP contribution in [-0.2, 0) is 9.47 Å². The van der Waals surface area contributed by atoms with Gasteiger partial charge in [0.25, 0.3) is 0 Å². The average molecular weight is 185 g/mol. The topological polar surface area (TPSA) is 44.5 Å². The fourth-order valence-electron chi connectivity index (χ4n) is 1.60. The molecular formula is C10H19NO2. The summed E-state index contributed by atoms with van der Waals surface area (Å²) in [4.78, 5) is 0. The monoisotopic (exact) mass is 185 g/mol. The summed E-state index contributed by atoms with van der Waals surface area (Å²) in [6.45, 7) is 4.72. The molecule has 0 bridgehead atoms. The summed E-state index contributed by atoms with van der Waals surface area (Å²) in [5.41, 5.74) is 5.78. The SMILES string of the molecule is C=COCCOC1CCC(N)CC1. The molecule has 1 fully saturated rings. The van der Waals surface area contributed by atoms with E-state index in [4.69, 9.17) is 15.2 Å². The van der Waals surface area contributed by atoms with E-state index >= 15 is 0 Å². The van der Waals surface area contributed by atoms with Crippen molar-refractivity contribution >= 4 is 0 Å². The first-order valence-corrected chi connectivity index (χ1v) is 4.92. The number of ether oxygens (including phenoxy) is 2. The largest absolute Gasteiger partial charge is 0.499 e. The lowest BCUT2D eigenvalue weighted by Crippen LogP contribution is -2.30. The molecule has 0 aromatic carbocycles. The van der Waals surface area contributed by atoms with Gasteiger partial charge < -0.3 is 15.2 Å². The second-order valence-electron chi connectivity index (χ2n) is 3.45. The molecule has 76 valence electrons. The molecule has 3 nitrogen and oxygen atoms in total. The fourth-order valence-corrected chi connectivity index (χ4v) is 1.60. The van der Waals surface area contributed by atoms with E-state index in [1.54, 1.807) is 0 Å². The van der Waals surface area contributed by atoms with Crippen molar-refractivity contribution in [2.75, 3.05) is 13.2 Å². The molecule has 0 unspecified atom stereocenters. The van der Waals surface area contributed by atoms with Gasteiger partial charge in [0.2, 0.25) is 0 Å². The van der Waals surface area contributed by atoms with Crippen LogP contribution in [0, 0.1) is 0 Å². The van der Waals surface area contributed by atoms with Crippen LogP contribution in [0.2, 0.25) is 0 Å². The number of nitrogens with two attached hydrogens (primary N) is 1. The standard InChI is InChI=1S/C10H19NO2/c1-2-12-7-8-13-10-5-3-9(11)4-6-10/h2,9-10H,1,3-8,11H2. The first kappa shape index (κ1) is 10.5. The first-order valence-electron chi connectivity index (χ1n) is 4.92. The minimum atomic E-state index is 0.393. The number of hydrogen-bond donors (Lipinski definition) is 1. The van der Waals surface area contributed by atoms with Crippen LogP contribution in [0.4, 0.5) is 0 Å². The Bertz CT molecular complexity index is 142. The predicted molar refractivity (Wildman–Crippen MR) is 52.3 cm³/mol. The lowest BCUT2D eigenvalue weighted by molar-refractivity contribution is 0.00365. The van der Waals surface area contributed by atoms with Gasteiger partial charge in [-0.3, -0.25) is 0 Å². The third-order valence-corrected chi connectivity index (χ3v) is 2.39. The minimum Gasteiger partial charge on any atom is -0.499 e. The van der Waals surface area contributed by atoms with E-state index in [2.05, 4.69) is 6.58 Å². The molecule has 0 aliphatic heterocycles. The van der Waals surface area contributed by atoms with Gasteiger partial charge in [-0.1, -0.05) is 6.58 Å². The fraction of sp³-hybridized carbons (Fsp3) is 0.800. The van der Waals surface area contributed by atoms with Crippen LogP contribution in [0.1, 0.15) is 25.7 Å². The highest BCUT2D eigenvalue weighted by Gasteiger charge is 2.18. The maximum Gasteiger partial charge on any atom is 0.111 e. The van der Waals surface area contributed by atoms with Gasteiger partial charge in [0.05, 0.1) is 19.0 Å². The molecule has 0 aromatic heterocycles. The average Bonchev–Trinajstić information content (AvgIpc) is 2.15. The Morgan fingerprint density at radius 2 is 1.92 bits per heavy atom. The summed E-state index contributed by atoms with van der Waals surface area (Å²) in [5, 5.41) is 0. The van der Waals surface area contributed by atoms with Crippen LogP contribution in [0.15, 0.2) is 12.8 Å². The zero-order valence-electron chi connectivity index (χ0n) is 8.08. The summed E-state index contributed by atoms with van der Waals surface area (Å²) in [6, 6.07) is 0.393. The zero-order valence-corrected chi connectivity index (χ0v) is 8.08. The van der Waals surface area contributed by atoms with E-state index in [0.29, 0.717) is 25.4 Å². The summed E-state index contributed by atoms with van der Waals surface area (Å²) in [5.74, 6) is 0. The van der Waals surface area contributed by atoms with E-state index in [1.165, 1.54) is 6.26 Å². The zero-order chi connectivity index (χ0) is 9.52. The van der Waals surface area contributed by atoms with Gasteiger partial charge >= 0.3 is 0 Å². The molecule has 0 atom stereocenters. The van der Waals surface area contributed by atoms with E-state index in [0.717, 1.165) is 25.7 Å². The van der Waals surface area contributed by atoms with Crippen LogP contribution in [0.5, 0.6) is 0 Å². The van der Waals surface area contributed by atoms with Crippen molar-refractivity contribution < 1.29 is 9.47 Å². The summed E-state index contributed by atoms with van der Waals surface area (Å²) in [7, 11) is 0.